The van der Waals surface area contributed by atoms with E-state index in [9.17, 15) is 9.18 Å². The Bertz CT molecular complexity index is 505. The van der Waals surface area contributed by atoms with E-state index in [-0.39, 0.29) is 17.9 Å². The normalized spacial score (nSPS) is 19.4. The van der Waals surface area contributed by atoms with Gasteiger partial charge in [0.2, 0.25) is 0 Å². The van der Waals surface area contributed by atoms with Gasteiger partial charge in [-0.3, -0.25) is 0 Å². The summed E-state index contributed by atoms with van der Waals surface area (Å²) >= 11 is 0. The minimum atomic E-state index is -0.462. The highest BCUT2D eigenvalue weighted by Gasteiger charge is 2.28. The van der Waals surface area contributed by atoms with Crippen molar-refractivity contribution in [3.63, 3.8) is 0 Å². The van der Waals surface area contributed by atoms with Crippen LogP contribution in [0.1, 0.15) is 26.3 Å². The van der Waals surface area contributed by atoms with E-state index < -0.39 is 5.41 Å². The van der Waals surface area contributed by atoms with Gasteiger partial charge in [-0.2, -0.15) is 0 Å². The lowest BCUT2D eigenvalue weighted by Gasteiger charge is -2.34. The molecule has 0 aliphatic carbocycles. The molecule has 21 heavy (non-hydrogen) atoms. The third-order valence-corrected chi connectivity index (χ3v) is 3.91. The number of carbonyl (C=O) groups excluding carboxylic acids is 1. The molecular formula is C16H23FN2O2. The van der Waals surface area contributed by atoms with Gasteiger partial charge in [0.05, 0.1) is 19.3 Å². The Morgan fingerprint density at radius 3 is 2.86 bits per heavy atom. The predicted octanol–water partition coefficient (Wildman–Crippen LogP) is 2.53. The molecule has 1 aliphatic heterocycles. The molecule has 0 bridgehead atoms. The van der Waals surface area contributed by atoms with E-state index in [4.69, 9.17) is 4.74 Å². The van der Waals surface area contributed by atoms with Crippen molar-refractivity contribution in [2.24, 2.45) is 0 Å². The molecule has 1 N–H and O–H groups in total. The molecule has 5 heteroatoms. The summed E-state index contributed by atoms with van der Waals surface area (Å²) in [5.74, 6) is -0.239. The summed E-state index contributed by atoms with van der Waals surface area (Å²) in [6, 6.07) is 6.64. The first kappa shape index (κ1) is 15.8. The average Bonchev–Trinajstić information content (AvgIpc) is 2.45. The number of urea groups is 1. The van der Waals surface area contributed by atoms with Gasteiger partial charge in [0, 0.05) is 18.5 Å². The number of nitrogens with zero attached hydrogens (tertiary/aromatic N) is 1. The van der Waals surface area contributed by atoms with Gasteiger partial charge in [0.1, 0.15) is 5.82 Å². The number of carbonyl (C=O) groups is 1. The predicted molar refractivity (Wildman–Crippen MR) is 79.8 cm³/mol. The topological polar surface area (TPSA) is 41.6 Å². The fourth-order valence-electron chi connectivity index (χ4n) is 2.53. The largest absolute Gasteiger partial charge is 0.377 e. The summed E-state index contributed by atoms with van der Waals surface area (Å²) in [7, 11) is 0. The first-order valence-corrected chi connectivity index (χ1v) is 7.29. The first-order chi connectivity index (χ1) is 9.92. The summed E-state index contributed by atoms with van der Waals surface area (Å²) in [6.07, 6.45) is 0. The summed E-state index contributed by atoms with van der Waals surface area (Å²) in [4.78, 5) is 14.0. The summed E-state index contributed by atoms with van der Waals surface area (Å²) in [5.41, 5.74) is 0.150. The van der Waals surface area contributed by atoms with Crippen LogP contribution in [0.3, 0.4) is 0 Å². The van der Waals surface area contributed by atoms with Gasteiger partial charge >= 0.3 is 6.03 Å². The molecule has 0 radical (unpaired) electrons. The Kier molecular flexibility index (Phi) is 4.83. The summed E-state index contributed by atoms with van der Waals surface area (Å²) in [6.45, 7) is 7.91. The van der Waals surface area contributed by atoms with Gasteiger partial charge in [-0.25, -0.2) is 9.18 Å². The molecule has 0 saturated carbocycles. The Labute approximate surface area is 125 Å². The van der Waals surface area contributed by atoms with Crippen LogP contribution in [0.15, 0.2) is 24.3 Å². The van der Waals surface area contributed by atoms with Crippen LogP contribution in [-0.2, 0) is 10.2 Å². The molecule has 1 aliphatic rings. The summed E-state index contributed by atoms with van der Waals surface area (Å²) in [5, 5.41) is 2.91. The molecule has 0 spiro atoms. The molecule has 116 valence electrons. The number of nitrogens with one attached hydrogen (secondary N) is 1. The highest BCUT2D eigenvalue weighted by atomic mass is 19.1. The summed E-state index contributed by atoms with van der Waals surface area (Å²) < 4.78 is 19.2. The van der Waals surface area contributed by atoms with Crippen LogP contribution in [0.5, 0.6) is 0 Å². The molecule has 0 aromatic heterocycles. The van der Waals surface area contributed by atoms with E-state index in [0.717, 1.165) is 0 Å². The monoisotopic (exact) mass is 294 g/mol. The average molecular weight is 294 g/mol. The van der Waals surface area contributed by atoms with Crippen LogP contribution in [0, 0.1) is 5.82 Å². The quantitative estimate of drug-likeness (QED) is 0.931. The molecule has 2 amide bonds. The van der Waals surface area contributed by atoms with E-state index in [2.05, 4.69) is 5.32 Å². The number of benzene rings is 1. The van der Waals surface area contributed by atoms with Gasteiger partial charge < -0.3 is 15.0 Å². The fourth-order valence-corrected chi connectivity index (χ4v) is 2.53. The Morgan fingerprint density at radius 1 is 1.48 bits per heavy atom. The van der Waals surface area contributed by atoms with E-state index >= 15 is 0 Å². The van der Waals surface area contributed by atoms with Gasteiger partial charge in [0.25, 0.3) is 0 Å². The zero-order valence-electron chi connectivity index (χ0n) is 12.9. The minimum absolute atomic E-state index is 0.0651. The number of ether oxygens (including phenoxy) is 1. The SMILES string of the molecule is C[C@H]1COCCN1C(=O)NCC(C)(C)c1ccccc1F. The number of morpholine rings is 1. The van der Waals surface area contributed by atoms with E-state index in [0.29, 0.717) is 31.9 Å². The molecule has 0 unspecified atom stereocenters. The molecular weight excluding hydrogens is 271 g/mol. The number of hydrogen-bond acceptors (Lipinski definition) is 2. The molecule has 1 atom stereocenters. The van der Waals surface area contributed by atoms with Crippen molar-refractivity contribution in [3.8, 4) is 0 Å². The van der Waals surface area contributed by atoms with Gasteiger partial charge in [0.15, 0.2) is 0 Å². The number of rotatable bonds is 3. The van der Waals surface area contributed by atoms with E-state index in [1.807, 2.05) is 26.8 Å². The van der Waals surface area contributed by atoms with Crippen LogP contribution in [0.4, 0.5) is 9.18 Å². The number of halogens is 1. The van der Waals surface area contributed by atoms with Crippen molar-refractivity contribution in [2.45, 2.75) is 32.2 Å². The second-order valence-electron chi connectivity index (χ2n) is 6.14. The van der Waals surface area contributed by atoms with Crippen molar-refractivity contribution in [1.29, 1.82) is 0 Å². The number of amides is 2. The maximum Gasteiger partial charge on any atom is 0.317 e. The zero-order chi connectivity index (χ0) is 15.5. The van der Waals surface area contributed by atoms with E-state index in [1.54, 1.807) is 17.0 Å². The Morgan fingerprint density at radius 2 is 2.19 bits per heavy atom. The number of hydrogen-bond donors (Lipinski definition) is 1. The third-order valence-electron chi connectivity index (χ3n) is 3.91. The van der Waals surface area contributed by atoms with Crippen molar-refractivity contribution in [2.75, 3.05) is 26.3 Å². The van der Waals surface area contributed by atoms with Gasteiger partial charge in [-0.05, 0) is 18.6 Å². The standard InChI is InChI=1S/C16H23FN2O2/c1-12-10-21-9-8-19(12)15(20)18-11-16(2,3)13-6-4-5-7-14(13)17/h4-7,12H,8-11H2,1-3H3,(H,18,20)/t12-/m0/s1. The van der Waals surface area contributed by atoms with Crippen LogP contribution < -0.4 is 5.32 Å². The van der Waals surface area contributed by atoms with Crippen LogP contribution in [0.25, 0.3) is 0 Å². The van der Waals surface area contributed by atoms with Crippen molar-refractivity contribution in [1.82, 2.24) is 10.2 Å². The third kappa shape index (κ3) is 3.73. The van der Waals surface area contributed by atoms with Crippen molar-refractivity contribution in [3.05, 3.63) is 35.6 Å². The lowest BCUT2D eigenvalue weighted by molar-refractivity contribution is 0.0188. The maximum atomic E-state index is 13.9. The smallest absolute Gasteiger partial charge is 0.317 e. The van der Waals surface area contributed by atoms with Gasteiger partial charge in [-0.15, -0.1) is 0 Å². The molecule has 1 aromatic carbocycles. The molecule has 1 fully saturated rings. The highest BCUT2D eigenvalue weighted by molar-refractivity contribution is 5.74. The lowest BCUT2D eigenvalue weighted by Crippen LogP contribution is -2.52. The lowest BCUT2D eigenvalue weighted by atomic mass is 9.84. The second-order valence-corrected chi connectivity index (χ2v) is 6.14. The maximum absolute atomic E-state index is 13.9. The van der Waals surface area contributed by atoms with Crippen molar-refractivity contribution >= 4 is 6.03 Å². The molecule has 1 aromatic rings. The van der Waals surface area contributed by atoms with Crippen molar-refractivity contribution < 1.29 is 13.9 Å². The van der Waals surface area contributed by atoms with Crippen LogP contribution in [-0.4, -0.2) is 43.3 Å². The Balaban J connectivity index is 1.98. The molecule has 2 rings (SSSR count). The molecule has 4 nitrogen and oxygen atoms in total. The molecule has 1 heterocycles. The first-order valence-electron chi connectivity index (χ1n) is 7.29. The van der Waals surface area contributed by atoms with Crippen LogP contribution >= 0.6 is 0 Å². The fraction of sp³-hybridized carbons (Fsp3) is 0.562. The molecule has 1 saturated heterocycles. The minimum Gasteiger partial charge on any atom is -0.377 e. The zero-order valence-corrected chi connectivity index (χ0v) is 12.9. The second kappa shape index (κ2) is 6.43. The van der Waals surface area contributed by atoms with Crippen LogP contribution in [0.2, 0.25) is 0 Å². The van der Waals surface area contributed by atoms with E-state index in [1.165, 1.54) is 6.07 Å². The highest BCUT2D eigenvalue weighted by Crippen LogP contribution is 2.24. The Hall–Kier alpha value is -1.62. The van der Waals surface area contributed by atoms with Gasteiger partial charge in [-0.1, -0.05) is 32.0 Å².